The van der Waals surface area contributed by atoms with Crippen LogP contribution in [0, 0.1) is 6.92 Å². The zero-order valence-electron chi connectivity index (χ0n) is 12.1. The maximum Gasteiger partial charge on any atom is 0.244 e. The molecule has 21 heavy (non-hydrogen) atoms. The number of aryl methyl sites for hydroxylation is 1. The van der Waals surface area contributed by atoms with Gasteiger partial charge in [0.2, 0.25) is 5.91 Å². The van der Waals surface area contributed by atoms with Gasteiger partial charge < -0.3 is 0 Å². The Bertz CT molecular complexity index is 771. The number of nitrogens with zero attached hydrogens (tertiary/aromatic N) is 2. The van der Waals surface area contributed by atoms with E-state index in [9.17, 15) is 4.79 Å². The summed E-state index contributed by atoms with van der Waals surface area (Å²) in [4.78, 5) is 11.8. The zero-order chi connectivity index (χ0) is 14.8. The van der Waals surface area contributed by atoms with Crippen molar-refractivity contribution < 1.29 is 4.79 Å². The van der Waals surface area contributed by atoms with Crippen molar-refractivity contribution >= 4 is 5.91 Å². The van der Waals surface area contributed by atoms with Gasteiger partial charge in [-0.3, -0.25) is 4.79 Å². The standard InChI is InChI=1S/C18H16N2O/c1-13-8-10-15(11-9-13)17-12-18(20(19-17)14(2)21)16-6-4-3-5-7-16/h3-12H,1-2H3. The van der Waals surface area contributed by atoms with Crippen molar-refractivity contribution in [1.29, 1.82) is 0 Å². The molecule has 0 atom stereocenters. The number of carbonyl (C=O) groups is 1. The van der Waals surface area contributed by atoms with Crippen LogP contribution in [-0.2, 0) is 0 Å². The lowest BCUT2D eigenvalue weighted by Gasteiger charge is -2.02. The van der Waals surface area contributed by atoms with Crippen LogP contribution in [0.1, 0.15) is 17.3 Å². The minimum absolute atomic E-state index is 0.0905. The molecule has 0 aliphatic heterocycles. The molecule has 0 unspecified atom stereocenters. The average molecular weight is 276 g/mol. The van der Waals surface area contributed by atoms with E-state index >= 15 is 0 Å². The lowest BCUT2D eigenvalue weighted by Crippen LogP contribution is -2.09. The Hall–Kier alpha value is -2.68. The summed E-state index contributed by atoms with van der Waals surface area (Å²) in [6, 6.07) is 19.9. The van der Waals surface area contributed by atoms with Gasteiger partial charge in [-0.2, -0.15) is 9.78 Å². The van der Waals surface area contributed by atoms with Crippen LogP contribution in [0.2, 0.25) is 0 Å². The van der Waals surface area contributed by atoms with E-state index in [0.717, 1.165) is 22.5 Å². The molecule has 0 radical (unpaired) electrons. The number of carbonyl (C=O) groups excluding carboxylic acids is 1. The predicted octanol–water partition coefficient (Wildman–Crippen LogP) is 4.19. The number of hydrogen-bond donors (Lipinski definition) is 0. The van der Waals surface area contributed by atoms with Gasteiger partial charge in [-0.15, -0.1) is 0 Å². The van der Waals surface area contributed by atoms with Gasteiger partial charge >= 0.3 is 0 Å². The molecular formula is C18H16N2O. The minimum atomic E-state index is -0.0905. The molecule has 3 rings (SSSR count). The first-order valence-electron chi connectivity index (χ1n) is 6.88. The molecule has 3 heteroatoms. The Morgan fingerprint density at radius 1 is 0.952 bits per heavy atom. The highest BCUT2D eigenvalue weighted by Gasteiger charge is 2.13. The van der Waals surface area contributed by atoms with Crippen molar-refractivity contribution in [2.45, 2.75) is 13.8 Å². The summed E-state index contributed by atoms with van der Waals surface area (Å²) < 4.78 is 1.46. The van der Waals surface area contributed by atoms with Gasteiger partial charge in [0.05, 0.1) is 11.4 Å². The fourth-order valence-electron chi connectivity index (χ4n) is 2.30. The lowest BCUT2D eigenvalue weighted by atomic mass is 10.1. The maximum atomic E-state index is 11.8. The molecule has 2 aromatic carbocycles. The second-order valence-corrected chi connectivity index (χ2v) is 5.08. The van der Waals surface area contributed by atoms with Gasteiger partial charge in [0.1, 0.15) is 0 Å². The van der Waals surface area contributed by atoms with Crippen LogP contribution in [0.4, 0.5) is 0 Å². The van der Waals surface area contributed by atoms with Crippen LogP contribution in [0.3, 0.4) is 0 Å². The second kappa shape index (κ2) is 5.37. The second-order valence-electron chi connectivity index (χ2n) is 5.08. The van der Waals surface area contributed by atoms with Crippen LogP contribution in [0.5, 0.6) is 0 Å². The number of hydrogen-bond acceptors (Lipinski definition) is 2. The predicted molar refractivity (Wildman–Crippen MR) is 84.1 cm³/mol. The van der Waals surface area contributed by atoms with Gasteiger partial charge in [-0.05, 0) is 13.0 Å². The van der Waals surface area contributed by atoms with E-state index in [1.165, 1.54) is 17.2 Å². The third kappa shape index (κ3) is 2.63. The number of benzene rings is 2. The molecule has 1 heterocycles. The van der Waals surface area contributed by atoms with Gasteiger partial charge in [-0.1, -0.05) is 60.2 Å². The highest BCUT2D eigenvalue weighted by Crippen LogP contribution is 2.26. The van der Waals surface area contributed by atoms with Crippen molar-refractivity contribution in [3.8, 4) is 22.5 Å². The first kappa shape index (κ1) is 13.3. The molecular weight excluding hydrogens is 260 g/mol. The summed E-state index contributed by atoms with van der Waals surface area (Å²) in [6.07, 6.45) is 0. The fourth-order valence-corrected chi connectivity index (χ4v) is 2.30. The van der Waals surface area contributed by atoms with Crippen molar-refractivity contribution in [1.82, 2.24) is 9.78 Å². The van der Waals surface area contributed by atoms with E-state index in [-0.39, 0.29) is 5.91 Å². The Morgan fingerprint density at radius 2 is 1.62 bits per heavy atom. The van der Waals surface area contributed by atoms with Gasteiger partial charge in [0, 0.05) is 18.1 Å². The van der Waals surface area contributed by atoms with Crippen LogP contribution in [0.15, 0.2) is 60.7 Å². The van der Waals surface area contributed by atoms with Crippen molar-refractivity contribution in [2.24, 2.45) is 0 Å². The van der Waals surface area contributed by atoms with E-state index in [0.29, 0.717) is 0 Å². The summed E-state index contributed by atoms with van der Waals surface area (Å²) in [5.74, 6) is -0.0905. The Morgan fingerprint density at radius 3 is 2.24 bits per heavy atom. The molecule has 0 amide bonds. The number of rotatable bonds is 2. The van der Waals surface area contributed by atoms with Crippen LogP contribution >= 0.6 is 0 Å². The van der Waals surface area contributed by atoms with E-state index in [2.05, 4.69) is 5.10 Å². The summed E-state index contributed by atoms with van der Waals surface area (Å²) in [6.45, 7) is 3.58. The Balaban J connectivity index is 2.13. The van der Waals surface area contributed by atoms with Crippen LogP contribution in [-0.4, -0.2) is 15.7 Å². The molecule has 0 fully saturated rings. The highest BCUT2D eigenvalue weighted by molar-refractivity contribution is 5.83. The first-order valence-corrected chi connectivity index (χ1v) is 6.88. The van der Waals surface area contributed by atoms with E-state index in [4.69, 9.17) is 0 Å². The molecule has 0 saturated carbocycles. The Kier molecular flexibility index (Phi) is 3.40. The largest absolute Gasteiger partial charge is 0.273 e. The molecule has 0 N–H and O–H groups in total. The molecule has 0 bridgehead atoms. The van der Waals surface area contributed by atoms with E-state index < -0.39 is 0 Å². The van der Waals surface area contributed by atoms with Crippen LogP contribution < -0.4 is 0 Å². The molecule has 104 valence electrons. The molecule has 0 aliphatic rings. The summed E-state index contributed by atoms with van der Waals surface area (Å²) in [5, 5.41) is 4.45. The first-order chi connectivity index (χ1) is 10.1. The summed E-state index contributed by atoms with van der Waals surface area (Å²) >= 11 is 0. The quantitative estimate of drug-likeness (QED) is 0.703. The molecule has 0 aliphatic carbocycles. The normalized spacial score (nSPS) is 10.6. The fraction of sp³-hybridized carbons (Fsp3) is 0.111. The van der Waals surface area contributed by atoms with Gasteiger partial charge in [0.25, 0.3) is 0 Å². The van der Waals surface area contributed by atoms with Crippen molar-refractivity contribution in [2.75, 3.05) is 0 Å². The van der Waals surface area contributed by atoms with Crippen molar-refractivity contribution in [3.63, 3.8) is 0 Å². The van der Waals surface area contributed by atoms with Crippen LogP contribution in [0.25, 0.3) is 22.5 Å². The third-order valence-electron chi connectivity index (χ3n) is 3.42. The zero-order valence-corrected chi connectivity index (χ0v) is 12.1. The smallest absolute Gasteiger partial charge is 0.244 e. The monoisotopic (exact) mass is 276 g/mol. The minimum Gasteiger partial charge on any atom is -0.273 e. The molecule has 1 aromatic heterocycles. The molecule has 0 spiro atoms. The maximum absolute atomic E-state index is 11.8. The lowest BCUT2D eigenvalue weighted by molar-refractivity contribution is 0.0923. The highest BCUT2D eigenvalue weighted by atomic mass is 16.2. The number of aromatic nitrogens is 2. The van der Waals surface area contributed by atoms with Gasteiger partial charge in [-0.25, -0.2) is 0 Å². The molecule has 0 saturated heterocycles. The average Bonchev–Trinajstić information content (AvgIpc) is 2.94. The third-order valence-corrected chi connectivity index (χ3v) is 3.42. The summed E-state index contributed by atoms with van der Waals surface area (Å²) in [5.41, 5.74) is 4.83. The van der Waals surface area contributed by atoms with Gasteiger partial charge in [0.15, 0.2) is 0 Å². The van der Waals surface area contributed by atoms with Crippen molar-refractivity contribution in [3.05, 3.63) is 66.2 Å². The van der Waals surface area contributed by atoms with E-state index in [1.807, 2.05) is 67.6 Å². The molecule has 3 nitrogen and oxygen atoms in total. The van der Waals surface area contributed by atoms with E-state index in [1.54, 1.807) is 0 Å². The summed E-state index contributed by atoms with van der Waals surface area (Å²) in [7, 11) is 0. The Labute approximate surface area is 123 Å². The SMILES string of the molecule is CC(=O)n1nc(-c2ccc(C)cc2)cc1-c1ccccc1. The molecule has 3 aromatic rings. The topological polar surface area (TPSA) is 34.9 Å².